The van der Waals surface area contributed by atoms with E-state index >= 15 is 0 Å². The standard InChI is InChI=1S/C27H28N2O6/c30-24(29-13-11-27(34,12-14-29)25(31)32)17-9-10-18(15-17)28-26(33)35-16-23-21-7-3-1-5-19(21)20-6-2-4-8-22(20)23/h1-10,17-18,23,34H,11-16H2,(H,28,33)(H,31,32). The predicted octanol–water partition coefficient (Wildman–Crippen LogP) is 2.91. The molecule has 2 amide bonds. The van der Waals surface area contributed by atoms with Gasteiger partial charge in [-0.25, -0.2) is 9.59 Å². The number of carbonyl (C=O) groups excluding carboxylic acids is 2. The van der Waals surface area contributed by atoms with Crippen molar-refractivity contribution in [2.75, 3.05) is 19.7 Å². The molecule has 8 nitrogen and oxygen atoms in total. The molecule has 3 aliphatic rings. The summed E-state index contributed by atoms with van der Waals surface area (Å²) in [6, 6.07) is 16.0. The van der Waals surface area contributed by atoms with Gasteiger partial charge in [0.15, 0.2) is 5.60 Å². The fraction of sp³-hybridized carbons (Fsp3) is 0.370. The third kappa shape index (κ3) is 4.41. The third-order valence-corrected chi connectivity index (χ3v) is 7.35. The zero-order valence-corrected chi connectivity index (χ0v) is 19.2. The van der Waals surface area contributed by atoms with Gasteiger partial charge in [-0.15, -0.1) is 0 Å². The molecule has 35 heavy (non-hydrogen) atoms. The quantitative estimate of drug-likeness (QED) is 0.572. The first-order valence-electron chi connectivity index (χ1n) is 11.9. The van der Waals surface area contributed by atoms with E-state index in [0.29, 0.717) is 6.42 Å². The highest BCUT2D eigenvalue weighted by Gasteiger charge is 2.41. The molecule has 2 aromatic carbocycles. The second-order valence-electron chi connectivity index (χ2n) is 9.47. The van der Waals surface area contributed by atoms with Gasteiger partial charge >= 0.3 is 12.1 Å². The lowest BCUT2D eigenvalue weighted by atomic mass is 9.91. The van der Waals surface area contributed by atoms with Gasteiger partial charge in [0.05, 0.1) is 12.0 Å². The van der Waals surface area contributed by atoms with Crippen molar-refractivity contribution in [1.29, 1.82) is 0 Å². The zero-order chi connectivity index (χ0) is 24.6. The van der Waals surface area contributed by atoms with Crippen LogP contribution in [-0.2, 0) is 14.3 Å². The molecule has 182 valence electrons. The molecule has 0 radical (unpaired) electrons. The highest BCUT2D eigenvalue weighted by Crippen LogP contribution is 2.44. The molecule has 1 saturated heterocycles. The van der Waals surface area contributed by atoms with E-state index < -0.39 is 23.6 Å². The first kappa shape index (κ1) is 23.1. The number of hydrogen-bond acceptors (Lipinski definition) is 5. The van der Waals surface area contributed by atoms with Crippen LogP contribution < -0.4 is 5.32 Å². The van der Waals surface area contributed by atoms with E-state index in [0.717, 1.165) is 22.3 Å². The number of likely N-dealkylation sites (tertiary alicyclic amines) is 1. The van der Waals surface area contributed by atoms with Crippen molar-refractivity contribution < 1.29 is 29.3 Å². The topological polar surface area (TPSA) is 116 Å². The number of alkyl carbamates (subject to hydrolysis) is 1. The number of aliphatic carboxylic acids is 1. The van der Waals surface area contributed by atoms with Crippen LogP contribution in [0.2, 0.25) is 0 Å². The number of hydrogen-bond donors (Lipinski definition) is 3. The smallest absolute Gasteiger partial charge is 0.407 e. The van der Waals surface area contributed by atoms with Gasteiger partial charge in [-0.1, -0.05) is 60.7 Å². The third-order valence-electron chi connectivity index (χ3n) is 7.35. The number of nitrogens with zero attached hydrogens (tertiary/aromatic N) is 1. The van der Waals surface area contributed by atoms with Gasteiger partial charge in [0, 0.05) is 31.8 Å². The van der Waals surface area contributed by atoms with Crippen molar-refractivity contribution in [3.05, 3.63) is 71.8 Å². The Hall–Kier alpha value is -3.65. The summed E-state index contributed by atoms with van der Waals surface area (Å²) < 4.78 is 5.60. The van der Waals surface area contributed by atoms with Gasteiger partial charge < -0.3 is 25.2 Å². The molecule has 1 heterocycles. The lowest BCUT2D eigenvalue weighted by Gasteiger charge is -2.36. The minimum atomic E-state index is -1.77. The summed E-state index contributed by atoms with van der Waals surface area (Å²) in [5, 5.41) is 22.1. The van der Waals surface area contributed by atoms with Gasteiger partial charge in [-0.05, 0) is 28.7 Å². The normalized spacial score (nSPS) is 22.4. The highest BCUT2D eigenvalue weighted by atomic mass is 16.5. The van der Waals surface area contributed by atoms with Crippen LogP contribution in [0.5, 0.6) is 0 Å². The molecule has 3 N–H and O–H groups in total. The molecule has 2 atom stereocenters. The summed E-state index contributed by atoms with van der Waals surface area (Å²) in [5.41, 5.74) is 2.85. The number of aliphatic hydroxyl groups is 1. The number of nitrogens with one attached hydrogen (secondary N) is 1. The second kappa shape index (κ2) is 9.19. The Morgan fingerprint density at radius 1 is 0.971 bits per heavy atom. The van der Waals surface area contributed by atoms with Crippen LogP contribution in [0.15, 0.2) is 60.7 Å². The Morgan fingerprint density at radius 2 is 1.57 bits per heavy atom. The van der Waals surface area contributed by atoms with Crippen LogP contribution in [0.1, 0.15) is 36.3 Å². The Bertz CT molecular complexity index is 1140. The summed E-state index contributed by atoms with van der Waals surface area (Å²) in [6.45, 7) is 0.603. The van der Waals surface area contributed by atoms with Crippen LogP contribution >= 0.6 is 0 Å². The van der Waals surface area contributed by atoms with Crippen molar-refractivity contribution in [2.24, 2.45) is 5.92 Å². The number of amides is 2. The van der Waals surface area contributed by atoms with E-state index in [-0.39, 0.29) is 50.4 Å². The Morgan fingerprint density at radius 3 is 2.17 bits per heavy atom. The fourth-order valence-electron chi connectivity index (χ4n) is 5.33. The van der Waals surface area contributed by atoms with Crippen LogP contribution in [0.25, 0.3) is 11.1 Å². The SMILES string of the molecule is O=C(NC1C=CC(C(=O)N2CCC(O)(C(=O)O)CC2)C1)OCC1c2ccccc2-c2ccccc21. The van der Waals surface area contributed by atoms with E-state index in [9.17, 15) is 19.5 Å². The molecule has 0 aromatic heterocycles. The average Bonchev–Trinajstić information content (AvgIpc) is 3.45. The molecule has 8 heteroatoms. The van der Waals surface area contributed by atoms with E-state index in [1.165, 1.54) is 0 Å². The first-order chi connectivity index (χ1) is 16.9. The number of carboxylic acid groups (broad SMARTS) is 1. The lowest BCUT2D eigenvalue weighted by molar-refractivity contribution is -0.165. The molecular weight excluding hydrogens is 448 g/mol. The number of ether oxygens (including phenoxy) is 1. The molecule has 5 rings (SSSR count). The maximum Gasteiger partial charge on any atom is 0.407 e. The number of fused-ring (bicyclic) bond motifs is 3. The van der Waals surface area contributed by atoms with Crippen molar-refractivity contribution in [3.63, 3.8) is 0 Å². The van der Waals surface area contributed by atoms with E-state index in [1.54, 1.807) is 17.1 Å². The molecular formula is C27H28N2O6. The van der Waals surface area contributed by atoms with Crippen LogP contribution in [0.4, 0.5) is 4.79 Å². The highest BCUT2D eigenvalue weighted by molar-refractivity contribution is 5.83. The van der Waals surface area contributed by atoms with Gasteiger partial charge in [0.25, 0.3) is 0 Å². The number of carboxylic acids is 1. The number of piperidine rings is 1. The Balaban J connectivity index is 1.13. The minimum absolute atomic E-state index is 0.00589. The van der Waals surface area contributed by atoms with E-state index in [4.69, 9.17) is 9.84 Å². The van der Waals surface area contributed by atoms with Crippen molar-refractivity contribution in [2.45, 2.75) is 36.8 Å². The summed E-state index contributed by atoms with van der Waals surface area (Å²) in [7, 11) is 0. The summed E-state index contributed by atoms with van der Waals surface area (Å²) in [4.78, 5) is 38.2. The molecule has 2 aliphatic carbocycles. The molecule has 0 bridgehead atoms. The zero-order valence-electron chi connectivity index (χ0n) is 19.2. The van der Waals surface area contributed by atoms with Gasteiger partial charge in [-0.2, -0.15) is 0 Å². The molecule has 0 saturated carbocycles. The van der Waals surface area contributed by atoms with Crippen LogP contribution in [-0.4, -0.2) is 64.4 Å². The number of rotatable bonds is 5. The molecule has 2 unspecified atom stereocenters. The summed E-state index contributed by atoms with van der Waals surface area (Å²) in [6.07, 6.45) is 3.47. The maximum atomic E-state index is 12.8. The van der Waals surface area contributed by atoms with Crippen molar-refractivity contribution >= 4 is 18.0 Å². The Kier molecular flexibility index (Phi) is 6.06. The lowest BCUT2D eigenvalue weighted by Crippen LogP contribution is -2.51. The monoisotopic (exact) mass is 476 g/mol. The largest absolute Gasteiger partial charge is 0.479 e. The molecule has 1 aliphatic heterocycles. The van der Waals surface area contributed by atoms with Crippen molar-refractivity contribution in [1.82, 2.24) is 10.2 Å². The second-order valence-corrected chi connectivity index (χ2v) is 9.47. The number of carbonyl (C=O) groups is 3. The van der Waals surface area contributed by atoms with Crippen LogP contribution in [0, 0.1) is 5.92 Å². The number of benzene rings is 2. The minimum Gasteiger partial charge on any atom is -0.479 e. The predicted molar refractivity (Wildman–Crippen MR) is 128 cm³/mol. The molecule has 2 aromatic rings. The molecule has 1 fully saturated rings. The first-order valence-corrected chi connectivity index (χ1v) is 11.9. The fourth-order valence-corrected chi connectivity index (χ4v) is 5.33. The van der Waals surface area contributed by atoms with Gasteiger partial charge in [-0.3, -0.25) is 4.79 Å². The molecule has 0 spiro atoms. The van der Waals surface area contributed by atoms with Crippen molar-refractivity contribution in [3.8, 4) is 11.1 Å². The van der Waals surface area contributed by atoms with Gasteiger partial charge in [0.1, 0.15) is 6.61 Å². The summed E-state index contributed by atoms with van der Waals surface area (Å²) in [5.74, 6) is -1.79. The van der Waals surface area contributed by atoms with Gasteiger partial charge in [0.2, 0.25) is 5.91 Å². The van der Waals surface area contributed by atoms with E-state index in [1.807, 2.05) is 24.3 Å². The summed E-state index contributed by atoms with van der Waals surface area (Å²) >= 11 is 0. The maximum absolute atomic E-state index is 12.8. The Labute approximate surface area is 203 Å². The van der Waals surface area contributed by atoms with E-state index in [2.05, 4.69) is 29.6 Å². The average molecular weight is 477 g/mol. The van der Waals surface area contributed by atoms with Crippen LogP contribution in [0.3, 0.4) is 0 Å².